The van der Waals surface area contributed by atoms with Crippen LogP contribution in [0.15, 0.2) is 36.4 Å². The second-order valence-electron chi connectivity index (χ2n) is 5.32. The number of methoxy groups -OCH3 is 1. The van der Waals surface area contributed by atoms with Crippen molar-refractivity contribution >= 4 is 46.4 Å². The van der Waals surface area contributed by atoms with Crippen molar-refractivity contribution in [2.45, 2.75) is 19.5 Å². The second kappa shape index (κ2) is 8.58. The van der Waals surface area contributed by atoms with E-state index in [-0.39, 0.29) is 11.9 Å². The maximum Gasteiger partial charge on any atom is 0.282 e. The van der Waals surface area contributed by atoms with Crippen molar-refractivity contribution in [3.05, 3.63) is 57.0 Å². The second-order valence-corrected chi connectivity index (χ2v) is 6.54. The molecule has 0 bridgehead atoms. The van der Waals surface area contributed by atoms with Gasteiger partial charge in [-0.3, -0.25) is 4.79 Å². The lowest BCUT2D eigenvalue weighted by Crippen LogP contribution is -2.90. The van der Waals surface area contributed by atoms with Crippen LogP contribution in [0.4, 0.5) is 5.69 Å². The predicted octanol–water partition coefficient (Wildman–Crippen LogP) is 3.75. The lowest BCUT2D eigenvalue weighted by atomic mass is 10.2. The van der Waals surface area contributed by atoms with E-state index in [1.54, 1.807) is 13.2 Å². The summed E-state index contributed by atoms with van der Waals surface area (Å²) in [6, 6.07) is 10.5. The van der Waals surface area contributed by atoms with Crippen molar-refractivity contribution in [1.82, 2.24) is 0 Å². The van der Waals surface area contributed by atoms with Crippen LogP contribution in [0.2, 0.25) is 15.1 Å². The van der Waals surface area contributed by atoms with E-state index in [0.717, 1.165) is 11.3 Å². The zero-order chi connectivity index (χ0) is 17.7. The third-order valence-corrected chi connectivity index (χ3v) is 4.56. The number of quaternary nitrogens is 1. The number of anilines is 1. The standard InChI is InChI=1S/C17H17Cl3N2O2/c1-10(21-9-11-4-3-5-12(6-11)24-2)17(23)22-16-8-14(19)13(18)7-15(16)20/h3-8,10,21H,9H2,1-2H3,(H,22,23)/p+1/t10-/m1/s1. The molecular formula is C17H18Cl3N2O2+. The number of carbonyl (C=O) groups is 1. The molecule has 3 N–H and O–H groups in total. The van der Waals surface area contributed by atoms with E-state index in [4.69, 9.17) is 39.5 Å². The van der Waals surface area contributed by atoms with E-state index in [1.807, 2.05) is 36.5 Å². The van der Waals surface area contributed by atoms with Gasteiger partial charge in [0, 0.05) is 5.56 Å². The van der Waals surface area contributed by atoms with E-state index in [0.29, 0.717) is 27.3 Å². The van der Waals surface area contributed by atoms with E-state index in [1.165, 1.54) is 6.07 Å². The number of nitrogens with one attached hydrogen (secondary N) is 1. The number of halogens is 3. The zero-order valence-corrected chi connectivity index (χ0v) is 15.5. The van der Waals surface area contributed by atoms with Gasteiger partial charge in [-0.05, 0) is 31.2 Å². The largest absolute Gasteiger partial charge is 0.497 e. The topological polar surface area (TPSA) is 54.9 Å². The minimum absolute atomic E-state index is 0.168. The molecule has 4 nitrogen and oxygen atoms in total. The molecule has 7 heteroatoms. The van der Waals surface area contributed by atoms with Crippen LogP contribution >= 0.6 is 34.8 Å². The molecule has 0 aromatic heterocycles. The maximum absolute atomic E-state index is 12.3. The van der Waals surface area contributed by atoms with Gasteiger partial charge in [-0.25, -0.2) is 0 Å². The van der Waals surface area contributed by atoms with Gasteiger partial charge in [0.05, 0.1) is 27.9 Å². The molecule has 1 amide bonds. The first-order chi connectivity index (χ1) is 11.4. The minimum Gasteiger partial charge on any atom is -0.497 e. The summed E-state index contributed by atoms with van der Waals surface area (Å²) in [6.45, 7) is 2.47. The molecule has 0 fully saturated rings. The molecule has 0 aliphatic carbocycles. The summed E-state index contributed by atoms with van der Waals surface area (Å²) in [5.41, 5.74) is 1.51. The molecule has 0 aliphatic heterocycles. The molecule has 0 saturated carbocycles. The number of benzene rings is 2. The molecule has 0 aliphatic rings. The summed E-state index contributed by atoms with van der Waals surface area (Å²) in [7, 11) is 1.62. The Hall–Kier alpha value is -1.46. The Balaban J connectivity index is 1.96. The van der Waals surface area contributed by atoms with Crippen molar-refractivity contribution in [3.8, 4) is 5.75 Å². The summed E-state index contributed by atoms with van der Waals surface area (Å²) < 4.78 is 5.19. The molecule has 2 aromatic rings. The molecule has 0 saturated heterocycles. The smallest absolute Gasteiger partial charge is 0.282 e. The third kappa shape index (κ3) is 5.02. The average molecular weight is 389 g/mol. The Morgan fingerprint density at radius 3 is 2.58 bits per heavy atom. The number of nitrogens with two attached hydrogens (primary N) is 1. The molecule has 0 radical (unpaired) electrons. The highest BCUT2D eigenvalue weighted by atomic mass is 35.5. The first-order valence-corrected chi connectivity index (χ1v) is 8.45. The van der Waals surface area contributed by atoms with Crippen LogP contribution in [0.5, 0.6) is 5.75 Å². The van der Waals surface area contributed by atoms with Gasteiger partial charge < -0.3 is 15.4 Å². The summed E-state index contributed by atoms with van der Waals surface area (Å²) in [5.74, 6) is 0.624. The molecule has 0 heterocycles. The van der Waals surface area contributed by atoms with Gasteiger partial charge >= 0.3 is 0 Å². The Bertz CT molecular complexity index is 738. The van der Waals surface area contributed by atoms with Gasteiger partial charge in [-0.1, -0.05) is 46.9 Å². The number of carbonyl (C=O) groups excluding carboxylic acids is 1. The van der Waals surface area contributed by atoms with E-state index < -0.39 is 0 Å². The number of hydrogen-bond donors (Lipinski definition) is 2. The van der Waals surface area contributed by atoms with Crippen molar-refractivity contribution in [2.75, 3.05) is 12.4 Å². The third-order valence-electron chi connectivity index (χ3n) is 3.52. The molecule has 24 heavy (non-hydrogen) atoms. The number of hydrogen-bond acceptors (Lipinski definition) is 2. The molecule has 128 valence electrons. The highest BCUT2D eigenvalue weighted by molar-refractivity contribution is 6.44. The number of rotatable bonds is 6. The van der Waals surface area contributed by atoms with Gasteiger partial charge in [0.2, 0.25) is 0 Å². The van der Waals surface area contributed by atoms with Gasteiger partial charge in [-0.15, -0.1) is 0 Å². The first kappa shape index (κ1) is 18.9. The summed E-state index contributed by atoms with van der Waals surface area (Å²) >= 11 is 17.9. The average Bonchev–Trinajstić information content (AvgIpc) is 2.57. The van der Waals surface area contributed by atoms with Crippen LogP contribution in [0.3, 0.4) is 0 Å². The highest BCUT2D eigenvalue weighted by Gasteiger charge is 2.18. The number of ether oxygens (including phenoxy) is 1. The molecule has 0 unspecified atom stereocenters. The lowest BCUT2D eigenvalue weighted by molar-refractivity contribution is -0.688. The normalized spacial score (nSPS) is 11.9. The van der Waals surface area contributed by atoms with Crippen LogP contribution in [-0.2, 0) is 11.3 Å². The fourth-order valence-electron chi connectivity index (χ4n) is 2.08. The van der Waals surface area contributed by atoms with E-state index >= 15 is 0 Å². The monoisotopic (exact) mass is 387 g/mol. The predicted molar refractivity (Wildman–Crippen MR) is 98.2 cm³/mol. The van der Waals surface area contributed by atoms with Gasteiger partial charge in [-0.2, -0.15) is 0 Å². The van der Waals surface area contributed by atoms with Gasteiger partial charge in [0.1, 0.15) is 12.3 Å². The van der Waals surface area contributed by atoms with Crippen molar-refractivity contribution in [1.29, 1.82) is 0 Å². The van der Waals surface area contributed by atoms with Crippen LogP contribution in [0.25, 0.3) is 0 Å². The number of amides is 1. The minimum atomic E-state index is -0.304. The summed E-state index contributed by atoms with van der Waals surface area (Å²) in [5, 5.41) is 5.72. The molecule has 2 aromatic carbocycles. The first-order valence-electron chi connectivity index (χ1n) is 7.32. The van der Waals surface area contributed by atoms with Crippen LogP contribution < -0.4 is 15.4 Å². The Morgan fingerprint density at radius 1 is 1.17 bits per heavy atom. The Morgan fingerprint density at radius 2 is 1.88 bits per heavy atom. The Labute approximate surface area is 156 Å². The molecular weight excluding hydrogens is 371 g/mol. The van der Waals surface area contributed by atoms with Crippen molar-refractivity contribution in [3.63, 3.8) is 0 Å². The Kier molecular flexibility index (Phi) is 6.75. The molecule has 2 rings (SSSR count). The van der Waals surface area contributed by atoms with Crippen LogP contribution in [0, 0.1) is 0 Å². The lowest BCUT2D eigenvalue weighted by Gasteiger charge is -2.13. The highest BCUT2D eigenvalue weighted by Crippen LogP contribution is 2.32. The maximum atomic E-state index is 12.3. The van der Waals surface area contributed by atoms with Gasteiger partial charge in [0.25, 0.3) is 5.91 Å². The van der Waals surface area contributed by atoms with Crippen molar-refractivity contribution < 1.29 is 14.8 Å². The SMILES string of the molecule is COc1cccc(C[NH2+][C@H](C)C(=O)Nc2cc(Cl)c(Cl)cc2Cl)c1. The molecule has 1 atom stereocenters. The van der Waals surface area contributed by atoms with E-state index in [9.17, 15) is 4.79 Å². The molecule has 0 spiro atoms. The summed E-state index contributed by atoms with van der Waals surface area (Å²) in [6.07, 6.45) is 0. The summed E-state index contributed by atoms with van der Waals surface area (Å²) in [4.78, 5) is 12.3. The van der Waals surface area contributed by atoms with Crippen LogP contribution in [-0.4, -0.2) is 19.1 Å². The van der Waals surface area contributed by atoms with Gasteiger partial charge in [0.15, 0.2) is 6.04 Å². The van der Waals surface area contributed by atoms with Crippen molar-refractivity contribution in [2.24, 2.45) is 0 Å². The quantitative estimate of drug-likeness (QED) is 0.741. The van der Waals surface area contributed by atoms with Crippen LogP contribution in [0.1, 0.15) is 12.5 Å². The zero-order valence-electron chi connectivity index (χ0n) is 13.3. The fraction of sp³-hybridized carbons (Fsp3) is 0.235. The fourth-order valence-corrected chi connectivity index (χ4v) is 2.68. The van der Waals surface area contributed by atoms with E-state index in [2.05, 4.69) is 5.32 Å².